The lowest BCUT2D eigenvalue weighted by molar-refractivity contribution is -0.119. The number of hydrogen-bond acceptors (Lipinski definition) is 5. The second kappa shape index (κ2) is 7.47. The Labute approximate surface area is 108 Å². The molecule has 0 atom stereocenters. The van der Waals surface area contributed by atoms with Crippen LogP contribution in [0.3, 0.4) is 0 Å². The van der Waals surface area contributed by atoms with E-state index in [1.165, 1.54) is 6.33 Å². The van der Waals surface area contributed by atoms with Crippen LogP contribution in [0.25, 0.3) is 0 Å². The minimum absolute atomic E-state index is 0.00274. The fourth-order valence-corrected chi connectivity index (χ4v) is 1.58. The topological polar surface area (TPSA) is 70.2 Å². The Hall–Kier alpha value is -1.85. The number of aromatic nitrogens is 2. The highest BCUT2D eigenvalue weighted by Gasteiger charge is 2.11. The third-order valence-corrected chi connectivity index (χ3v) is 2.42. The van der Waals surface area contributed by atoms with Gasteiger partial charge in [-0.2, -0.15) is 0 Å². The van der Waals surface area contributed by atoms with Crippen molar-refractivity contribution in [1.82, 2.24) is 15.3 Å². The lowest BCUT2D eigenvalue weighted by Gasteiger charge is -2.21. The van der Waals surface area contributed by atoms with E-state index in [2.05, 4.69) is 20.6 Å². The summed E-state index contributed by atoms with van der Waals surface area (Å²) in [6.45, 7) is 8.39. The molecule has 0 aliphatic heterocycles. The van der Waals surface area contributed by atoms with Crippen LogP contribution >= 0.6 is 0 Å². The molecule has 0 bridgehead atoms. The van der Waals surface area contributed by atoms with Gasteiger partial charge in [-0.05, 0) is 20.8 Å². The van der Waals surface area contributed by atoms with Gasteiger partial charge in [-0.15, -0.1) is 0 Å². The summed E-state index contributed by atoms with van der Waals surface area (Å²) in [5.74, 6) is 1.54. The van der Waals surface area contributed by atoms with Crippen molar-refractivity contribution in [1.29, 1.82) is 0 Å². The van der Waals surface area contributed by atoms with E-state index in [4.69, 9.17) is 0 Å². The van der Waals surface area contributed by atoms with Gasteiger partial charge in [-0.3, -0.25) is 4.79 Å². The van der Waals surface area contributed by atoms with Gasteiger partial charge in [0.1, 0.15) is 18.0 Å². The van der Waals surface area contributed by atoms with Crippen molar-refractivity contribution in [3.05, 3.63) is 12.4 Å². The first-order valence-electron chi connectivity index (χ1n) is 6.28. The molecule has 1 aromatic rings. The van der Waals surface area contributed by atoms with E-state index < -0.39 is 0 Å². The molecular weight excluding hydrogens is 230 g/mol. The highest BCUT2D eigenvalue weighted by molar-refractivity contribution is 5.81. The first-order valence-corrected chi connectivity index (χ1v) is 6.28. The Kier molecular flexibility index (Phi) is 5.90. The normalized spacial score (nSPS) is 9.94. The molecule has 0 aromatic carbocycles. The predicted molar refractivity (Wildman–Crippen MR) is 72.8 cm³/mol. The summed E-state index contributed by atoms with van der Waals surface area (Å²) < 4.78 is 0. The summed E-state index contributed by atoms with van der Waals surface area (Å²) >= 11 is 0. The zero-order chi connectivity index (χ0) is 13.4. The smallest absolute Gasteiger partial charge is 0.239 e. The summed E-state index contributed by atoms with van der Waals surface area (Å²) in [6, 6.07) is 1.85. The molecule has 1 amide bonds. The van der Waals surface area contributed by atoms with E-state index in [0.29, 0.717) is 13.1 Å². The number of amides is 1. The van der Waals surface area contributed by atoms with Gasteiger partial charge >= 0.3 is 0 Å². The van der Waals surface area contributed by atoms with Crippen LogP contribution in [0.5, 0.6) is 0 Å². The maximum atomic E-state index is 11.6. The summed E-state index contributed by atoms with van der Waals surface area (Å²) in [5, 5.41) is 5.91. The molecule has 1 aromatic heterocycles. The Morgan fingerprint density at radius 1 is 1.28 bits per heavy atom. The summed E-state index contributed by atoms with van der Waals surface area (Å²) in [5.41, 5.74) is 0. The molecule has 100 valence electrons. The minimum Gasteiger partial charge on any atom is -0.370 e. The molecule has 1 rings (SSSR count). The van der Waals surface area contributed by atoms with Gasteiger partial charge in [-0.1, -0.05) is 0 Å². The summed E-state index contributed by atoms with van der Waals surface area (Å²) in [6.07, 6.45) is 1.51. The molecule has 0 fully saturated rings. The number of likely N-dealkylation sites (N-methyl/N-ethyl adjacent to an activating group) is 2. The van der Waals surface area contributed by atoms with Crippen LogP contribution in [0.15, 0.2) is 12.4 Å². The lowest BCUT2D eigenvalue weighted by atomic mass is 10.4. The number of rotatable bonds is 7. The SMILES string of the molecule is CCNC(=O)CN(CC)c1cc(NCC)ncn1. The maximum Gasteiger partial charge on any atom is 0.239 e. The summed E-state index contributed by atoms with van der Waals surface area (Å²) in [7, 11) is 0. The second-order valence-electron chi connectivity index (χ2n) is 3.76. The third-order valence-electron chi connectivity index (χ3n) is 2.42. The molecule has 0 saturated carbocycles. The van der Waals surface area contributed by atoms with Crippen LogP contribution in [-0.2, 0) is 4.79 Å². The van der Waals surface area contributed by atoms with Crippen LogP contribution in [0, 0.1) is 0 Å². The molecule has 18 heavy (non-hydrogen) atoms. The van der Waals surface area contributed by atoms with Crippen molar-refractivity contribution < 1.29 is 4.79 Å². The van der Waals surface area contributed by atoms with E-state index in [0.717, 1.165) is 24.7 Å². The molecular formula is C12H21N5O. The Morgan fingerprint density at radius 2 is 2.06 bits per heavy atom. The Balaban J connectivity index is 2.74. The number of carbonyl (C=O) groups is 1. The monoisotopic (exact) mass is 251 g/mol. The lowest BCUT2D eigenvalue weighted by Crippen LogP contribution is -2.37. The molecule has 0 spiro atoms. The molecule has 0 unspecified atom stereocenters. The van der Waals surface area contributed by atoms with Crippen LogP contribution in [0.2, 0.25) is 0 Å². The molecule has 0 saturated heterocycles. The van der Waals surface area contributed by atoms with Gasteiger partial charge in [0.2, 0.25) is 5.91 Å². The van der Waals surface area contributed by atoms with Gasteiger partial charge < -0.3 is 15.5 Å². The van der Waals surface area contributed by atoms with Crippen molar-refractivity contribution in [3.63, 3.8) is 0 Å². The zero-order valence-electron chi connectivity index (χ0n) is 11.2. The molecule has 2 N–H and O–H groups in total. The first-order chi connectivity index (χ1) is 8.71. The maximum absolute atomic E-state index is 11.6. The fraction of sp³-hybridized carbons (Fsp3) is 0.583. The summed E-state index contributed by atoms with van der Waals surface area (Å²) in [4.78, 5) is 21.8. The van der Waals surface area contributed by atoms with E-state index in [1.54, 1.807) is 0 Å². The highest BCUT2D eigenvalue weighted by Crippen LogP contribution is 2.13. The van der Waals surface area contributed by atoms with E-state index in [9.17, 15) is 4.79 Å². The largest absolute Gasteiger partial charge is 0.370 e. The zero-order valence-corrected chi connectivity index (χ0v) is 11.2. The van der Waals surface area contributed by atoms with Crippen molar-refractivity contribution in [2.24, 2.45) is 0 Å². The van der Waals surface area contributed by atoms with Crippen molar-refractivity contribution >= 4 is 17.5 Å². The van der Waals surface area contributed by atoms with Gasteiger partial charge in [0, 0.05) is 25.7 Å². The van der Waals surface area contributed by atoms with E-state index in [1.807, 2.05) is 31.7 Å². The number of hydrogen-bond donors (Lipinski definition) is 2. The number of nitrogens with zero attached hydrogens (tertiary/aromatic N) is 3. The second-order valence-corrected chi connectivity index (χ2v) is 3.76. The number of anilines is 2. The van der Waals surface area contributed by atoms with Crippen LogP contribution < -0.4 is 15.5 Å². The minimum atomic E-state index is 0.00274. The van der Waals surface area contributed by atoms with Crippen LogP contribution in [0.1, 0.15) is 20.8 Å². The molecule has 0 aliphatic carbocycles. The molecule has 6 heteroatoms. The van der Waals surface area contributed by atoms with E-state index in [-0.39, 0.29) is 5.91 Å². The van der Waals surface area contributed by atoms with Gasteiger partial charge in [0.15, 0.2) is 0 Å². The van der Waals surface area contributed by atoms with Gasteiger partial charge in [-0.25, -0.2) is 9.97 Å². The Bertz CT molecular complexity index is 382. The highest BCUT2D eigenvalue weighted by atomic mass is 16.2. The molecule has 1 heterocycles. The quantitative estimate of drug-likeness (QED) is 0.752. The van der Waals surface area contributed by atoms with Crippen LogP contribution in [-0.4, -0.2) is 42.1 Å². The van der Waals surface area contributed by atoms with Crippen molar-refractivity contribution in [3.8, 4) is 0 Å². The number of nitrogens with one attached hydrogen (secondary N) is 2. The average Bonchev–Trinajstić information content (AvgIpc) is 2.37. The van der Waals surface area contributed by atoms with Crippen molar-refractivity contribution in [2.75, 3.05) is 36.4 Å². The first kappa shape index (κ1) is 14.2. The molecule has 0 aliphatic rings. The van der Waals surface area contributed by atoms with E-state index >= 15 is 0 Å². The van der Waals surface area contributed by atoms with Gasteiger partial charge in [0.25, 0.3) is 0 Å². The third kappa shape index (κ3) is 4.20. The number of carbonyl (C=O) groups excluding carboxylic acids is 1. The standard InChI is InChI=1S/C12H21N5O/c1-4-13-10-7-11(16-9-15-10)17(6-3)8-12(18)14-5-2/h7,9H,4-6,8H2,1-3H3,(H,14,18)(H,13,15,16). The predicted octanol–water partition coefficient (Wildman–Crippen LogP) is 0.871. The fourth-order valence-electron chi connectivity index (χ4n) is 1.58. The average molecular weight is 251 g/mol. The molecule has 0 radical (unpaired) electrons. The van der Waals surface area contributed by atoms with Crippen molar-refractivity contribution in [2.45, 2.75) is 20.8 Å². The van der Waals surface area contributed by atoms with Gasteiger partial charge in [0.05, 0.1) is 6.54 Å². The molecule has 6 nitrogen and oxygen atoms in total. The Morgan fingerprint density at radius 3 is 2.67 bits per heavy atom. The van der Waals surface area contributed by atoms with Crippen LogP contribution in [0.4, 0.5) is 11.6 Å².